The molecule has 7 nitrogen and oxygen atoms in total. The van der Waals surface area contributed by atoms with Crippen molar-refractivity contribution >= 4 is 21.4 Å². The lowest BCUT2D eigenvalue weighted by molar-refractivity contribution is 0.414. The van der Waals surface area contributed by atoms with Gasteiger partial charge in [-0.1, -0.05) is 25.1 Å². The molecule has 2 aromatic heterocycles. The number of anilines is 1. The van der Waals surface area contributed by atoms with Gasteiger partial charge < -0.3 is 4.74 Å². The van der Waals surface area contributed by atoms with Gasteiger partial charge in [-0.25, -0.2) is 12.8 Å². The van der Waals surface area contributed by atoms with Crippen molar-refractivity contribution in [3.05, 3.63) is 84.1 Å². The van der Waals surface area contributed by atoms with Gasteiger partial charge >= 0.3 is 0 Å². The number of pyridine rings is 1. The summed E-state index contributed by atoms with van der Waals surface area (Å²) in [7, 11) is -2.46. The number of methoxy groups -OCH3 is 1. The van der Waals surface area contributed by atoms with E-state index in [0.717, 1.165) is 5.56 Å². The van der Waals surface area contributed by atoms with Crippen LogP contribution in [0, 0.1) is 5.82 Å². The largest absolute Gasteiger partial charge is 0.497 e. The average molecular weight is 441 g/mol. The van der Waals surface area contributed by atoms with Crippen LogP contribution in [0.4, 0.5) is 10.1 Å². The normalized spacial score (nSPS) is 11.6. The summed E-state index contributed by atoms with van der Waals surface area (Å²) in [6.45, 7) is 1.94. The van der Waals surface area contributed by atoms with Crippen LogP contribution in [0.25, 0.3) is 5.65 Å². The smallest absolute Gasteiger partial charge is 0.266 e. The molecule has 0 spiro atoms. The molecule has 0 saturated carbocycles. The van der Waals surface area contributed by atoms with Crippen molar-refractivity contribution in [2.45, 2.75) is 24.8 Å². The third kappa shape index (κ3) is 4.09. The van der Waals surface area contributed by atoms with Crippen molar-refractivity contribution in [1.82, 2.24) is 14.6 Å². The second kappa shape index (κ2) is 8.35. The molecule has 0 atom stereocenters. The van der Waals surface area contributed by atoms with Crippen LogP contribution >= 0.6 is 0 Å². The summed E-state index contributed by atoms with van der Waals surface area (Å²) >= 11 is 0. The van der Waals surface area contributed by atoms with Crippen molar-refractivity contribution in [3.8, 4) is 5.75 Å². The van der Waals surface area contributed by atoms with Crippen LogP contribution in [0.3, 0.4) is 0 Å². The Bertz CT molecular complexity index is 1320. The molecule has 0 aliphatic carbocycles. The van der Waals surface area contributed by atoms with Crippen LogP contribution in [-0.4, -0.2) is 30.1 Å². The topological polar surface area (TPSA) is 76.8 Å². The molecule has 2 aromatic carbocycles. The van der Waals surface area contributed by atoms with Gasteiger partial charge in [0.15, 0.2) is 5.65 Å². The zero-order chi connectivity index (χ0) is 22.0. The molecular formula is C22H21FN4O3S. The third-order valence-electron chi connectivity index (χ3n) is 4.93. The Morgan fingerprint density at radius 2 is 1.84 bits per heavy atom. The quantitative estimate of drug-likeness (QED) is 0.437. The zero-order valence-electron chi connectivity index (χ0n) is 17.1. The summed E-state index contributed by atoms with van der Waals surface area (Å²) in [5.41, 5.74) is 1.52. The maximum absolute atomic E-state index is 14.0. The van der Waals surface area contributed by atoms with E-state index in [1.807, 2.05) is 6.92 Å². The summed E-state index contributed by atoms with van der Waals surface area (Å²) in [4.78, 5) is 0.0623. The van der Waals surface area contributed by atoms with E-state index in [-0.39, 0.29) is 17.1 Å². The summed E-state index contributed by atoms with van der Waals surface area (Å²) in [6.07, 6.45) is 2.11. The van der Waals surface area contributed by atoms with Crippen molar-refractivity contribution in [3.63, 3.8) is 0 Å². The number of sulfonamides is 1. The molecule has 4 rings (SSSR count). The van der Waals surface area contributed by atoms with E-state index in [2.05, 4.69) is 10.2 Å². The summed E-state index contributed by atoms with van der Waals surface area (Å²) < 4.78 is 49.3. The van der Waals surface area contributed by atoms with E-state index in [9.17, 15) is 12.8 Å². The Balaban J connectivity index is 1.81. The molecule has 9 heteroatoms. The van der Waals surface area contributed by atoms with Gasteiger partial charge in [0.25, 0.3) is 10.0 Å². The highest BCUT2D eigenvalue weighted by Gasteiger charge is 2.26. The van der Waals surface area contributed by atoms with Gasteiger partial charge in [0.2, 0.25) is 0 Å². The minimum atomic E-state index is -4.02. The van der Waals surface area contributed by atoms with Crippen LogP contribution in [0.15, 0.2) is 71.8 Å². The minimum absolute atomic E-state index is 0.0244. The molecule has 0 radical (unpaired) electrons. The number of nitrogens with zero attached hydrogens (tertiary/aromatic N) is 4. The fourth-order valence-corrected chi connectivity index (χ4v) is 4.73. The highest BCUT2D eigenvalue weighted by Crippen LogP contribution is 2.27. The Morgan fingerprint density at radius 1 is 1.06 bits per heavy atom. The SMILES string of the molecule is CCc1nnc2ccc(S(=O)(=O)N(Cc3ccc(OC)cc3)c3cccc(F)c3)cn12. The maximum atomic E-state index is 14.0. The minimum Gasteiger partial charge on any atom is -0.497 e. The van der Waals surface area contributed by atoms with E-state index >= 15 is 0 Å². The first kappa shape index (κ1) is 20.8. The molecule has 0 fully saturated rings. The molecule has 0 N–H and O–H groups in total. The monoisotopic (exact) mass is 440 g/mol. The fourth-order valence-electron chi connectivity index (χ4n) is 3.28. The number of rotatable bonds is 7. The lowest BCUT2D eigenvalue weighted by atomic mass is 10.2. The van der Waals surface area contributed by atoms with Gasteiger partial charge in [0.1, 0.15) is 22.3 Å². The molecule has 4 aromatic rings. The number of fused-ring (bicyclic) bond motifs is 1. The predicted molar refractivity (Wildman–Crippen MR) is 115 cm³/mol. The van der Waals surface area contributed by atoms with Gasteiger partial charge in [-0.2, -0.15) is 0 Å². The second-order valence-corrected chi connectivity index (χ2v) is 8.76. The lowest BCUT2D eigenvalue weighted by Crippen LogP contribution is -2.31. The maximum Gasteiger partial charge on any atom is 0.266 e. The van der Waals surface area contributed by atoms with Crippen LogP contribution in [0.5, 0.6) is 5.75 Å². The van der Waals surface area contributed by atoms with Crippen LogP contribution in [0.2, 0.25) is 0 Å². The number of aryl methyl sites for hydroxylation is 1. The standard InChI is InChI=1S/C22H21FN4O3S/c1-3-21-24-25-22-12-11-20(15-26(21)22)31(28,29)27(18-6-4-5-17(23)13-18)14-16-7-9-19(30-2)10-8-16/h4-13,15H,3,14H2,1-2H3. The van der Waals surface area contributed by atoms with Crippen molar-refractivity contribution in [2.24, 2.45) is 0 Å². The van der Waals surface area contributed by atoms with E-state index in [1.54, 1.807) is 47.9 Å². The fraction of sp³-hybridized carbons (Fsp3) is 0.182. The third-order valence-corrected chi connectivity index (χ3v) is 6.69. The molecule has 0 aliphatic rings. The summed E-state index contributed by atoms with van der Waals surface area (Å²) in [5.74, 6) is 0.795. The average Bonchev–Trinajstić information content (AvgIpc) is 3.20. The molecule has 0 saturated heterocycles. The van der Waals surface area contributed by atoms with Crippen LogP contribution in [0.1, 0.15) is 18.3 Å². The molecule has 0 aliphatic heterocycles. The van der Waals surface area contributed by atoms with Crippen molar-refractivity contribution < 1.29 is 17.5 Å². The lowest BCUT2D eigenvalue weighted by Gasteiger charge is -2.25. The number of hydrogen-bond acceptors (Lipinski definition) is 5. The Labute approximate surface area is 179 Å². The second-order valence-electron chi connectivity index (χ2n) is 6.90. The van der Waals surface area contributed by atoms with E-state index in [0.29, 0.717) is 23.6 Å². The van der Waals surface area contributed by atoms with E-state index < -0.39 is 15.8 Å². The molecule has 31 heavy (non-hydrogen) atoms. The summed E-state index contributed by atoms with van der Waals surface area (Å²) in [6, 6.07) is 15.7. The van der Waals surface area contributed by atoms with Gasteiger partial charge in [-0.15, -0.1) is 10.2 Å². The van der Waals surface area contributed by atoms with Gasteiger partial charge in [-0.05, 0) is 48.0 Å². The van der Waals surface area contributed by atoms with Gasteiger partial charge in [0.05, 0.1) is 19.3 Å². The Hall–Kier alpha value is -3.46. The van der Waals surface area contributed by atoms with Crippen LogP contribution in [-0.2, 0) is 23.0 Å². The number of hydrogen-bond donors (Lipinski definition) is 0. The Morgan fingerprint density at radius 3 is 2.52 bits per heavy atom. The van der Waals surface area contributed by atoms with E-state index in [4.69, 9.17) is 4.74 Å². The highest BCUT2D eigenvalue weighted by molar-refractivity contribution is 7.92. The van der Waals surface area contributed by atoms with E-state index in [1.165, 1.54) is 34.8 Å². The molecule has 2 heterocycles. The predicted octanol–water partition coefficient (Wildman–Crippen LogP) is 3.83. The first-order chi connectivity index (χ1) is 14.9. The Kier molecular flexibility index (Phi) is 5.60. The molecule has 0 bridgehead atoms. The van der Waals surface area contributed by atoms with Gasteiger partial charge in [0, 0.05) is 12.6 Å². The number of halogens is 1. The number of aromatic nitrogens is 3. The van der Waals surface area contributed by atoms with Crippen molar-refractivity contribution in [2.75, 3.05) is 11.4 Å². The molecule has 0 amide bonds. The number of benzene rings is 2. The molecule has 0 unspecified atom stereocenters. The zero-order valence-corrected chi connectivity index (χ0v) is 17.9. The molecular weight excluding hydrogens is 419 g/mol. The highest BCUT2D eigenvalue weighted by atomic mass is 32.2. The summed E-state index contributed by atoms with van der Waals surface area (Å²) in [5, 5.41) is 8.13. The number of ether oxygens (including phenoxy) is 1. The van der Waals surface area contributed by atoms with Gasteiger partial charge in [-0.3, -0.25) is 8.71 Å². The van der Waals surface area contributed by atoms with Crippen molar-refractivity contribution in [1.29, 1.82) is 0 Å². The first-order valence-corrected chi connectivity index (χ1v) is 11.1. The first-order valence-electron chi connectivity index (χ1n) is 9.67. The molecule has 160 valence electrons. The van der Waals surface area contributed by atoms with Crippen LogP contribution < -0.4 is 9.04 Å².